The first-order valence-electron chi connectivity index (χ1n) is 8.37. The normalized spacial score (nSPS) is 18.7. The highest BCUT2D eigenvalue weighted by Gasteiger charge is 2.64. The minimum atomic E-state index is -2.84. The van der Waals surface area contributed by atoms with Crippen LogP contribution in [0, 0.1) is 11.3 Å². The third-order valence-electron chi connectivity index (χ3n) is 3.95. The second-order valence-electron chi connectivity index (χ2n) is 8.46. The van der Waals surface area contributed by atoms with Crippen molar-refractivity contribution in [2.24, 2.45) is 11.3 Å². The molecule has 1 aliphatic rings. The van der Waals surface area contributed by atoms with Gasteiger partial charge in [0.25, 0.3) is 0 Å². The summed E-state index contributed by atoms with van der Waals surface area (Å²) in [5, 5.41) is 21.8. The van der Waals surface area contributed by atoms with Gasteiger partial charge in [-0.3, -0.25) is 19.7 Å². The van der Waals surface area contributed by atoms with E-state index >= 15 is 0 Å². The van der Waals surface area contributed by atoms with E-state index in [4.69, 9.17) is 4.74 Å². The second kappa shape index (κ2) is 7.16. The maximum absolute atomic E-state index is 12.4. The van der Waals surface area contributed by atoms with Crippen molar-refractivity contribution in [3.63, 3.8) is 0 Å². The summed E-state index contributed by atoms with van der Waals surface area (Å²) < 4.78 is 5.06. The van der Waals surface area contributed by atoms with Crippen LogP contribution < -0.4 is 5.32 Å². The van der Waals surface area contributed by atoms with Crippen LogP contribution in [0.4, 0.5) is 4.79 Å². The van der Waals surface area contributed by atoms with Crippen molar-refractivity contribution in [2.45, 2.75) is 65.6 Å². The van der Waals surface area contributed by atoms with Crippen LogP contribution in [0.1, 0.15) is 54.4 Å². The monoisotopic (exact) mass is 386 g/mol. The van der Waals surface area contributed by atoms with Gasteiger partial charge in [0.2, 0.25) is 17.5 Å². The largest absolute Gasteiger partial charge is 0.481 e. The first-order valence-corrected chi connectivity index (χ1v) is 8.37. The average molecular weight is 386 g/mol. The Hall–Kier alpha value is -2.65. The number of aliphatic carboxylic acids is 2. The van der Waals surface area contributed by atoms with E-state index in [0.717, 1.165) is 0 Å². The van der Waals surface area contributed by atoms with Crippen LogP contribution in [0.3, 0.4) is 0 Å². The molecule has 1 aliphatic heterocycles. The summed E-state index contributed by atoms with van der Waals surface area (Å²) in [6.07, 6.45) is -1.81. The van der Waals surface area contributed by atoms with Gasteiger partial charge >= 0.3 is 18.0 Å². The molecule has 10 nitrogen and oxygen atoms in total. The number of hydrogen-bond donors (Lipinski definition) is 3. The van der Waals surface area contributed by atoms with E-state index in [2.05, 4.69) is 0 Å². The molecule has 0 aliphatic carbocycles. The van der Waals surface area contributed by atoms with Crippen LogP contribution in [0.5, 0.6) is 0 Å². The zero-order chi connectivity index (χ0) is 21.4. The van der Waals surface area contributed by atoms with E-state index in [1.54, 1.807) is 0 Å². The molecule has 3 N–H and O–H groups in total. The molecule has 1 unspecified atom stereocenters. The lowest BCUT2D eigenvalue weighted by molar-refractivity contribution is -0.181. The lowest BCUT2D eigenvalue weighted by atomic mass is 9.71. The number of amides is 3. The third kappa shape index (κ3) is 4.55. The number of alkyl carbamates (subject to hydrolysis) is 1. The van der Waals surface area contributed by atoms with Gasteiger partial charge in [0.05, 0.1) is 0 Å². The van der Waals surface area contributed by atoms with Crippen LogP contribution in [0.25, 0.3) is 0 Å². The molecule has 3 amide bonds. The van der Waals surface area contributed by atoms with Gasteiger partial charge in [-0.25, -0.2) is 14.5 Å². The number of nitrogens with zero attached hydrogens (tertiary/aromatic N) is 1. The summed E-state index contributed by atoms with van der Waals surface area (Å²) in [6, 6.07) is 0. The first kappa shape index (κ1) is 22.4. The molecule has 27 heavy (non-hydrogen) atoms. The molecule has 0 aromatic heterocycles. The highest BCUT2D eigenvalue weighted by molar-refractivity contribution is 6.08. The van der Waals surface area contributed by atoms with Crippen molar-refractivity contribution in [3.05, 3.63) is 0 Å². The van der Waals surface area contributed by atoms with E-state index in [0.29, 0.717) is 4.90 Å². The maximum atomic E-state index is 12.4. The number of imide groups is 1. The van der Waals surface area contributed by atoms with Gasteiger partial charge in [-0.1, -0.05) is 20.8 Å². The molecule has 10 heteroatoms. The Bertz CT molecular complexity index is 657. The molecule has 0 aromatic rings. The molecule has 152 valence electrons. The fraction of sp³-hybridized carbons (Fsp3) is 0.706. The number of ether oxygens (including phenoxy) is 1. The predicted octanol–water partition coefficient (Wildman–Crippen LogP) is 1.19. The van der Waals surface area contributed by atoms with Gasteiger partial charge in [-0.05, 0) is 26.2 Å². The minimum Gasteiger partial charge on any atom is -0.481 e. The Morgan fingerprint density at radius 1 is 1.00 bits per heavy atom. The predicted molar refractivity (Wildman–Crippen MR) is 91.4 cm³/mol. The van der Waals surface area contributed by atoms with Crippen LogP contribution in [-0.4, -0.2) is 56.2 Å². The fourth-order valence-electron chi connectivity index (χ4n) is 3.13. The number of nitrogens with one attached hydrogen (secondary N) is 1. The fourth-order valence-corrected chi connectivity index (χ4v) is 3.13. The van der Waals surface area contributed by atoms with E-state index in [1.165, 1.54) is 41.5 Å². The average Bonchev–Trinajstić information content (AvgIpc) is 2.72. The van der Waals surface area contributed by atoms with Gasteiger partial charge in [-0.15, -0.1) is 0 Å². The number of carbonyl (C=O) groups excluding carboxylic acids is 3. The van der Waals surface area contributed by atoms with E-state index in [-0.39, 0.29) is 12.8 Å². The van der Waals surface area contributed by atoms with E-state index in [1.807, 2.05) is 5.32 Å². The number of likely N-dealkylation sites (tertiary alicyclic amines) is 1. The van der Waals surface area contributed by atoms with Crippen LogP contribution in [-0.2, 0) is 23.9 Å². The highest BCUT2D eigenvalue weighted by Crippen LogP contribution is 2.40. The molecule has 1 heterocycles. The van der Waals surface area contributed by atoms with E-state index < -0.39 is 52.4 Å². The van der Waals surface area contributed by atoms with Crippen LogP contribution >= 0.6 is 0 Å². The first-order chi connectivity index (χ1) is 12.0. The van der Waals surface area contributed by atoms with Gasteiger partial charge in [-0.2, -0.15) is 0 Å². The molecule has 1 rings (SSSR count). The summed E-state index contributed by atoms with van der Waals surface area (Å²) in [6.45, 7) is 8.89. The van der Waals surface area contributed by atoms with Crippen molar-refractivity contribution in [1.29, 1.82) is 0 Å². The summed E-state index contributed by atoms with van der Waals surface area (Å²) in [7, 11) is 0. The lowest BCUT2D eigenvalue weighted by Crippen LogP contribution is -2.74. The summed E-state index contributed by atoms with van der Waals surface area (Å²) in [5.74, 6) is -7.04. The van der Waals surface area contributed by atoms with Crippen LogP contribution in [0.15, 0.2) is 0 Å². The molecule has 1 saturated heterocycles. The number of hydrogen-bond acceptors (Lipinski definition) is 6. The minimum absolute atomic E-state index is 0.277. The molecule has 0 saturated carbocycles. The van der Waals surface area contributed by atoms with E-state index in [9.17, 15) is 34.2 Å². The van der Waals surface area contributed by atoms with Gasteiger partial charge < -0.3 is 14.9 Å². The number of carbonyl (C=O) groups is 5. The third-order valence-corrected chi connectivity index (χ3v) is 3.95. The summed E-state index contributed by atoms with van der Waals surface area (Å²) >= 11 is 0. The number of carboxylic acids is 2. The Labute approximate surface area is 156 Å². The lowest BCUT2D eigenvalue weighted by Gasteiger charge is -2.45. The molecular weight excluding hydrogens is 360 g/mol. The quantitative estimate of drug-likeness (QED) is 0.596. The van der Waals surface area contributed by atoms with Crippen molar-refractivity contribution in [3.8, 4) is 0 Å². The Morgan fingerprint density at radius 3 is 1.74 bits per heavy atom. The number of rotatable bonds is 5. The van der Waals surface area contributed by atoms with Gasteiger partial charge in [0.15, 0.2) is 0 Å². The standard InChI is InChI=1S/C17H26N2O8/c1-15(2,3)11(12(22)23)17(13(24)25,18-14(26)27-16(4,5)6)19-9(20)7-8-10(19)21/h11H,7-8H2,1-6H3,(H,18,26)(H,22,23)(H,24,25)/t11?,17-/m1/s1. The Balaban J connectivity index is 3.68. The second-order valence-corrected chi connectivity index (χ2v) is 8.46. The number of carboxylic acid groups (broad SMARTS) is 2. The highest BCUT2D eigenvalue weighted by atomic mass is 16.6. The van der Waals surface area contributed by atoms with Crippen molar-refractivity contribution in [2.75, 3.05) is 0 Å². The molecule has 0 spiro atoms. The Kier molecular flexibility index (Phi) is 5.94. The molecule has 0 aromatic carbocycles. The van der Waals surface area contributed by atoms with Crippen molar-refractivity contribution >= 4 is 29.8 Å². The van der Waals surface area contributed by atoms with Gasteiger partial charge in [0.1, 0.15) is 11.5 Å². The zero-order valence-electron chi connectivity index (χ0n) is 16.3. The van der Waals surface area contributed by atoms with Crippen LogP contribution in [0.2, 0.25) is 0 Å². The molecular formula is C17H26N2O8. The van der Waals surface area contributed by atoms with Gasteiger partial charge in [0, 0.05) is 12.8 Å². The Morgan fingerprint density at radius 2 is 1.44 bits per heavy atom. The topological polar surface area (TPSA) is 150 Å². The summed E-state index contributed by atoms with van der Waals surface area (Å²) in [4.78, 5) is 61.7. The zero-order valence-corrected chi connectivity index (χ0v) is 16.3. The summed E-state index contributed by atoms with van der Waals surface area (Å²) in [5.41, 5.74) is -5.10. The molecule has 2 atom stereocenters. The maximum Gasteiger partial charge on any atom is 0.409 e. The smallest absolute Gasteiger partial charge is 0.409 e. The molecule has 0 radical (unpaired) electrons. The molecule has 0 bridgehead atoms. The van der Waals surface area contributed by atoms with Crippen molar-refractivity contribution in [1.82, 2.24) is 10.2 Å². The SMILES string of the molecule is CC(C)(C)OC(=O)N[C@](C(=O)O)(C(C(=O)O)C(C)(C)C)N1C(=O)CCC1=O. The molecule has 1 fully saturated rings. The van der Waals surface area contributed by atoms with Crippen molar-refractivity contribution < 1.29 is 38.9 Å².